The van der Waals surface area contributed by atoms with E-state index >= 15 is 0 Å². The van der Waals surface area contributed by atoms with E-state index in [1.54, 1.807) is 18.6 Å². The van der Waals surface area contributed by atoms with Crippen LogP contribution in [0.5, 0.6) is 0 Å². The molecule has 0 aromatic carbocycles. The van der Waals surface area contributed by atoms with Crippen molar-refractivity contribution in [2.75, 3.05) is 37.7 Å². The van der Waals surface area contributed by atoms with Crippen molar-refractivity contribution in [3.63, 3.8) is 0 Å². The Kier molecular flexibility index (Phi) is 4.13. The SMILES string of the molecule is O=C(c1ccoc1)N1CCCN(C2CCSC2)CC1. The molecule has 2 aliphatic heterocycles. The van der Waals surface area contributed by atoms with E-state index in [-0.39, 0.29) is 5.91 Å². The van der Waals surface area contributed by atoms with E-state index in [2.05, 4.69) is 16.7 Å². The lowest BCUT2D eigenvalue weighted by Gasteiger charge is -2.26. The van der Waals surface area contributed by atoms with Gasteiger partial charge in [-0.05, 0) is 24.7 Å². The molecule has 1 atom stereocenters. The Hall–Kier alpha value is -0.940. The highest BCUT2D eigenvalue weighted by Gasteiger charge is 2.26. The maximum absolute atomic E-state index is 12.3. The van der Waals surface area contributed by atoms with Crippen LogP contribution in [0.2, 0.25) is 0 Å². The Labute approximate surface area is 118 Å². The monoisotopic (exact) mass is 280 g/mol. The van der Waals surface area contributed by atoms with E-state index in [0.29, 0.717) is 5.56 Å². The zero-order valence-corrected chi connectivity index (χ0v) is 11.9. The summed E-state index contributed by atoms with van der Waals surface area (Å²) in [6.07, 6.45) is 5.48. The first-order chi connectivity index (χ1) is 9.34. The summed E-state index contributed by atoms with van der Waals surface area (Å²) in [5.74, 6) is 2.66. The van der Waals surface area contributed by atoms with E-state index < -0.39 is 0 Å². The first-order valence-electron chi connectivity index (χ1n) is 6.98. The minimum atomic E-state index is 0.108. The second-order valence-corrected chi connectivity index (χ2v) is 6.36. The molecular formula is C14H20N2O2S. The number of hydrogen-bond donors (Lipinski definition) is 0. The van der Waals surface area contributed by atoms with E-state index in [0.717, 1.165) is 38.6 Å². The predicted molar refractivity (Wildman–Crippen MR) is 76.5 cm³/mol. The molecule has 1 aromatic rings. The average molecular weight is 280 g/mol. The minimum absolute atomic E-state index is 0.108. The third kappa shape index (κ3) is 2.98. The van der Waals surface area contributed by atoms with Gasteiger partial charge in [-0.25, -0.2) is 0 Å². The molecule has 1 unspecified atom stereocenters. The maximum Gasteiger partial charge on any atom is 0.257 e. The molecule has 0 radical (unpaired) electrons. The van der Waals surface area contributed by atoms with Crippen LogP contribution in [-0.4, -0.2) is 59.4 Å². The molecule has 3 heterocycles. The summed E-state index contributed by atoms with van der Waals surface area (Å²) in [7, 11) is 0. The summed E-state index contributed by atoms with van der Waals surface area (Å²) in [5, 5.41) is 0. The topological polar surface area (TPSA) is 36.7 Å². The zero-order valence-electron chi connectivity index (χ0n) is 11.1. The molecule has 0 N–H and O–H groups in total. The number of carbonyl (C=O) groups is 1. The van der Waals surface area contributed by atoms with Crippen LogP contribution in [-0.2, 0) is 0 Å². The van der Waals surface area contributed by atoms with Crippen LogP contribution in [0.15, 0.2) is 23.0 Å². The molecule has 1 amide bonds. The Morgan fingerprint density at radius 3 is 3.00 bits per heavy atom. The molecule has 0 aliphatic carbocycles. The molecule has 0 saturated carbocycles. The van der Waals surface area contributed by atoms with Crippen molar-refractivity contribution in [3.05, 3.63) is 24.2 Å². The molecular weight excluding hydrogens is 260 g/mol. The van der Waals surface area contributed by atoms with Crippen molar-refractivity contribution in [1.29, 1.82) is 0 Å². The van der Waals surface area contributed by atoms with Gasteiger partial charge in [0.1, 0.15) is 6.26 Å². The quantitative estimate of drug-likeness (QED) is 0.829. The fraction of sp³-hybridized carbons (Fsp3) is 0.643. The Morgan fingerprint density at radius 1 is 1.32 bits per heavy atom. The lowest BCUT2D eigenvalue weighted by molar-refractivity contribution is 0.0758. The number of thioether (sulfide) groups is 1. The summed E-state index contributed by atoms with van der Waals surface area (Å²) in [6.45, 7) is 3.83. The molecule has 5 heteroatoms. The minimum Gasteiger partial charge on any atom is -0.472 e. The van der Waals surface area contributed by atoms with Crippen molar-refractivity contribution in [2.24, 2.45) is 0 Å². The second-order valence-electron chi connectivity index (χ2n) is 5.21. The molecule has 19 heavy (non-hydrogen) atoms. The van der Waals surface area contributed by atoms with E-state index in [1.807, 2.05) is 4.90 Å². The van der Waals surface area contributed by atoms with Crippen LogP contribution in [0.25, 0.3) is 0 Å². The first kappa shape index (κ1) is 13.1. The summed E-state index contributed by atoms with van der Waals surface area (Å²) < 4.78 is 5.00. The van der Waals surface area contributed by atoms with Gasteiger partial charge in [-0.1, -0.05) is 0 Å². The van der Waals surface area contributed by atoms with Crippen LogP contribution in [0.1, 0.15) is 23.2 Å². The summed E-state index contributed by atoms with van der Waals surface area (Å²) in [6, 6.07) is 2.48. The van der Waals surface area contributed by atoms with Gasteiger partial charge in [-0.2, -0.15) is 11.8 Å². The molecule has 2 fully saturated rings. The van der Waals surface area contributed by atoms with Crippen LogP contribution in [0, 0.1) is 0 Å². The number of amides is 1. The van der Waals surface area contributed by atoms with Crippen molar-refractivity contribution in [3.8, 4) is 0 Å². The molecule has 3 rings (SSSR count). The second kappa shape index (κ2) is 6.01. The standard InChI is InChI=1S/C14H20N2O2S/c17-14(12-2-8-18-10-12)16-5-1-4-15(6-7-16)13-3-9-19-11-13/h2,8,10,13H,1,3-7,9,11H2. The van der Waals surface area contributed by atoms with E-state index in [9.17, 15) is 4.79 Å². The lowest BCUT2D eigenvalue weighted by Crippen LogP contribution is -2.39. The van der Waals surface area contributed by atoms with Gasteiger partial charge in [0.15, 0.2) is 0 Å². The largest absolute Gasteiger partial charge is 0.472 e. The third-order valence-electron chi connectivity index (χ3n) is 4.01. The van der Waals surface area contributed by atoms with Gasteiger partial charge in [-0.15, -0.1) is 0 Å². The number of hydrogen-bond acceptors (Lipinski definition) is 4. The van der Waals surface area contributed by atoms with Gasteiger partial charge in [0.2, 0.25) is 0 Å². The molecule has 0 spiro atoms. The highest BCUT2D eigenvalue weighted by Crippen LogP contribution is 2.23. The predicted octanol–water partition coefficient (Wildman–Crippen LogP) is 1.93. The average Bonchev–Trinajstić information content (AvgIpc) is 3.08. The van der Waals surface area contributed by atoms with Crippen LogP contribution in [0.4, 0.5) is 0 Å². The Morgan fingerprint density at radius 2 is 2.26 bits per heavy atom. The number of nitrogens with zero attached hydrogens (tertiary/aromatic N) is 2. The fourth-order valence-corrected chi connectivity index (χ4v) is 4.14. The highest BCUT2D eigenvalue weighted by atomic mass is 32.2. The van der Waals surface area contributed by atoms with Gasteiger partial charge in [-0.3, -0.25) is 9.69 Å². The van der Waals surface area contributed by atoms with Gasteiger partial charge in [0.05, 0.1) is 11.8 Å². The van der Waals surface area contributed by atoms with Crippen LogP contribution in [0.3, 0.4) is 0 Å². The summed E-state index contributed by atoms with van der Waals surface area (Å²) >= 11 is 2.05. The molecule has 4 nitrogen and oxygen atoms in total. The summed E-state index contributed by atoms with van der Waals surface area (Å²) in [5.41, 5.74) is 0.671. The fourth-order valence-electron chi connectivity index (χ4n) is 2.88. The highest BCUT2D eigenvalue weighted by molar-refractivity contribution is 7.99. The summed E-state index contributed by atoms with van der Waals surface area (Å²) in [4.78, 5) is 16.8. The van der Waals surface area contributed by atoms with Crippen molar-refractivity contribution < 1.29 is 9.21 Å². The Bertz CT molecular complexity index is 415. The van der Waals surface area contributed by atoms with E-state index in [4.69, 9.17) is 4.42 Å². The maximum atomic E-state index is 12.3. The molecule has 104 valence electrons. The van der Waals surface area contributed by atoms with Crippen LogP contribution >= 0.6 is 11.8 Å². The molecule has 2 aliphatic rings. The van der Waals surface area contributed by atoms with Crippen molar-refractivity contribution in [1.82, 2.24) is 9.80 Å². The molecule has 0 bridgehead atoms. The smallest absolute Gasteiger partial charge is 0.257 e. The van der Waals surface area contributed by atoms with E-state index in [1.165, 1.54) is 17.9 Å². The van der Waals surface area contributed by atoms with Gasteiger partial charge < -0.3 is 9.32 Å². The van der Waals surface area contributed by atoms with Gasteiger partial charge in [0.25, 0.3) is 5.91 Å². The van der Waals surface area contributed by atoms with Gasteiger partial charge in [0, 0.05) is 38.0 Å². The Balaban J connectivity index is 1.59. The van der Waals surface area contributed by atoms with Crippen molar-refractivity contribution in [2.45, 2.75) is 18.9 Å². The zero-order chi connectivity index (χ0) is 13.1. The molecule has 2 saturated heterocycles. The third-order valence-corrected chi connectivity index (χ3v) is 5.15. The number of carbonyl (C=O) groups excluding carboxylic acids is 1. The molecule has 1 aromatic heterocycles. The van der Waals surface area contributed by atoms with Crippen molar-refractivity contribution >= 4 is 17.7 Å². The normalized spacial score (nSPS) is 25.5. The van der Waals surface area contributed by atoms with Crippen LogP contribution < -0.4 is 0 Å². The number of rotatable bonds is 2. The van der Waals surface area contributed by atoms with Gasteiger partial charge >= 0.3 is 0 Å². The first-order valence-corrected chi connectivity index (χ1v) is 8.13. The number of furan rings is 1. The lowest BCUT2D eigenvalue weighted by atomic mass is 10.2.